The lowest BCUT2D eigenvalue weighted by molar-refractivity contribution is -0.121. The van der Waals surface area contributed by atoms with Gasteiger partial charge in [-0.05, 0) is 51.5 Å². The smallest absolute Gasteiger partial charge is 0.251 e. The van der Waals surface area contributed by atoms with Crippen LogP contribution in [0.15, 0.2) is 24.5 Å². The van der Waals surface area contributed by atoms with E-state index in [-0.39, 0.29) is 24.3 Å². The molecule has 1 aromatic heterocycles. The normalized spacial score (nSPS) is 12.0. The van der Waals surface area contributed by atoms with Crippen LogP contribution in [0.4, 0.5) is 0 Å². The third-order valence-corrected chi connectivity index (χ3v) is 3.99. The minimum Gasteiger partial charge on any atom is -0.354 e. The Morgan fingerprint density at radius 2 is 1.88 bits per heavy atom. The highest BCUT2D eigenvalue weighted by molar-refractivity contribution is 5.94. The highest BCUT2D eigenvalue weighted by atomic mass is 16.2. The van der Waals surface area contributed by atoms with Crippen molar-refractivity contribution in [2.45, 2.75) is 46.1 Å². The van der Waals surface area contributed by atoms with Crippen LogP contribution in [0.1, 0.15) is 50.4 Å². The van der Waals surface area contributed by atoms with Crippen LogP contribution in [-0.4, -0.2) is 53.9 Å². The second-order valence-electron chi connectivity index (χ2n) is 5.88. The maximum atomic E-state index is 11.9. The third kappa shape index (κ3) is 8.06. The molecule has 6 heteroatoms. The molecule has 0 spiro atoms. The summed E-state index contributed by atoms with van der Waals surface area (Å²) in [4.78, 5) is 30.0. The first-order chi connectivity index (χ1) is 11.6. The summed E-state index contributed by atoms with van der Waals surface area (Å²) >= 11 is 0. The number of carbonyl (C=O) groups excluding carboxylic acids is 2. The molecule has 2 amide bonds. The molecule has 0 unspecified atom stereocenters. The van der Waals surface area contributed by atoms with Gasteiger partial charge in [0.15, 0.2) is 0 Å². The molecule has 0 saturated heterocycles. The average Bonchev–Trinajstić information content (AvgIpc) is 2.59. The summed E-state index contributed by atoms with van der Waals surface area (Å²) in [6.07, 6.45) is 5.47. The predicted octanol–water partition coefficient (Wildman–Crippen LogP) is 1.83. The first-order valence-corrected chi connectivity index (χ1v) is 8.76. The van der Waals surface area contributed by atoms with Crippen LogP contribution in [0.25, 0.3) is 0 Å². The van der Waals surface area contributed by atoms with E-state index in [1.807, 2.05) is 6.92 Å². The van der Waals surface area contributed by atoms with Gasteiger partial charge in [0.05, 0.1) is 0 Å². The molecule has 1 aromatic rings. The lowest BCUT2D eigenvalue weighted by Gasteiger charge is -2.19. The monoisotopic (exact) mass is 334 g/mol. The van der Waals surface area contributed by atoms with Gasteiger partial charge in [0.1, 0.15) is 0 Å². The number of aromatic nitrogens is 1. The Morgan fingerprint density at radius 1 is 1.21 bits per heavy atom. The topological polar surface area (TPSA) is 74.3 Å². The summed E-state index contributed by atoms with van der Waals surface area (Å²) in [5.41, 5.74) is 0.551. The van der Waals surface area contributed by atoms with Crippen LogP contribution in [0, 0.1) is 0 Å². The summed E-state index contributed by atoms with van der Waals surface area (Å²) in [5, 5.41) is 5.73. The lowest BCUT2D eigenvalue weighted by Crippen LogP contribution is -2.36. The Balaban J connectivity index is 2.16. The molecule has 0 aliphatic heterocycles. The van der Waals surface area contributed by atoms with Gasteiger partial charge in [-0.25, -0.2) is 0 Å². The molecule has 0 saturated carbocycles. The van der Waals surface area contributed by atoms with Gasteiger partial charge in [-0.1, -0.05) is 13.8 Å². The number of amides is 2. The molecule has 134 valence electrons. The van der Waals surface area contributed by atoms with Crippen LogP contribution >= 0.6 is 0 Å². The average molecular weight is 334 g/mol. The Labute approximate surface area is 145 Å². The summed E-state index contributed by atoms with van der Waals surface area (Å²) in [5.74, 6) is -0.210. The van der Waals surface area contributed by atoms with Crippen molar-refractivity contribution in [3.63, 3.8) is 0 Å². The van der Waals surface area contributed by atoms with Crippen molar-refractivity contribution in [3.8, 4) is 0 Å². The lowest BCUT2D eigenvalue weighted by atomic mass is 10.1. The molecule has 6 nitrogen and oxygen atoms in total. The Morgan fingerprint density at radius 3 is 2.50 bits per heavy atom. The fourth-order valence-electron chi connectivity index (χ4n) is 2.47. The van der Waals surface area contributed by atoms with Crippen molar-refractivity contribution in [2.24, 2.45) is 0 Å². The molecule has 0 fully saturated rings. The van der Waals surface area contributed by atoms with Gasteiger partial charge < -0.3 is 15.5 Å². The molecule has 1 rings (SSSR count). The molecule has 1 heterocycles. The minimum absolute atomic E-state index is 0.0274. The van der Waals surface area contributed by atoms with Crippen LogP contribution in [0.5, 0.6) is 0 Å². The van der Waals surface area contributed by atoms with E-state index in [9.17, 15) is 9.59 Å². The highest BCUT2D eigenvalue weighted by Crippen LogP contribution is 2.00. The Kier molecular flexibility index (Phi) is 9.68. The quantitative estimate of drug-likeness (QED) is 0.647. The zero-order valence-electron chi connectivity index (χ0n) is 15.0. The zero-order chi connectivity index (χ0) is 17.8. The molecule has 1 atom stereocenters. The van der Waals surface area contributed by atoms with E-state index < -0.39 is 0 Å². The summed E-state index contributed by atoms with van der Waals surface area (Å²) in [6.45, 7) is 9.87. The van der Waals surface area contributed by atoms with Crippen molar-refractivity contribution < 1.29 is 9.59 Å². The van der Waals surface area contributed by atoms with Gasteiger partial charge in [0, 0.05) is 37.0 Å². The molecule has 0 bridgehead atoms. The van der Waals surface area contributed by atoms with E-state index in [4.69, 9.17) is 0 Å². The van der Waals surface area contributed by atoms with Crippen LogP contribution in [0.3, 0.4) is 0 Å². The number of pyridine rings is 1. The van der Waals surface area contributed by atoms with Crippen LogP contribution in [-0.2, 0) is 4.79 Å². The van der Waals surface area contributed by atoms with Gasteiger partial charge in [-0.15, -0.1) is 0 Å². The van der Waals surface area contributed by atoms with Gasteiger partial charge >= 0.3 is 0 Å². The molecule has 24 heavy (non-hydrogen) atoms. The van der Waals surface area contributed by atoms with E-state index in [0.717, 1.165) is 32.5 Å². The first kappa shape index (κ1) is 20.1. The van der Waals surface area contributed by atoms with Crippen molar-refractivity contribution in [1.82, 2.24) is 20.5 Å². The SMILES string of the molecule is CCN(CC)CCC[C@@H](C)NC(=O)CCNC(=O)c1ccncc1. The fourth-order valence-corrected chi connectivity index (χ4v) is 2.47. The second kappa shape index (κ2) is 11.6. The molecular weight excluding hydrogens is 304 g/mol. The summed E-state index contributed by atoms with van der Waals surface area (Å²) < 4.78 is 0. The van der Waals surface area contributed by atoms with Crippen molar-refractivity contribution in [1.29, 1.82) is 0 Å². The third-order valence-electron chi connectivity index (χ3n) is 3.99. The molecule has 2 N–H and O–H groups in total. The molecule has 0 aromatic carbocycles. The Bertz CT molecular complexity index is 489. The summed E-state index contributed by atoms with van der Waals surface area (Å²) in [7, 11) is 0. The number of nitrogens with one attached hydrogen (secondary N) is 2. The predicted molar refractivity (Wildman–Crippen MR) is 95.8 cm³/mol. The Hall–Kier alpha value is -1.95. The van der Waals surface area contributed by atoms with Gasteiger partial charge in [-0.2, -0.15) is 0 Å². The van der Waals surface area contributed by atoms with E-state index in [0.29, 0.717) is 12.1 Å². The highest BCUT2D eigenvalue weighted by Gasteiger charge is 2.09. The second-order valence-corrected chi connectivity index (χ2v) is 5.88. The maximum Gasteiger partial charge on any atom is 0.251 e. The van der Waals surface area contributed by atoms with E-state index >= 15 is 0 Å². The van der Waals surface area contributed by atoms with E-state index in [1.165, 1.54) is 0 Å². The molecule has 0 aliphatic rings. The van der Waals surface area contributed by atoms with E-state index in [2.05, 4.69) is 34.4 Å². The van der Waals surface area contributed by atoms with Crippen LogP contribution < -0.4 is 10.6 Å². The van der Waals surface area contributed by atoms with Gasteiger partial charge in [0.2, 0.25) is 5.91 Å². The number of carbonyl (C=O) groups is 2. The van der Waals surface area contributed by atoms with Crippen molar-refractivity contribution in [2.75, 3.05) is 26.2 Å². The maximum absolute atomic E-state index is 11.9. The molecule has 0 aliphatic carbocycles. The van der Waals surface area contributed by atoms with E-state index in [1.54, 1.807) is 24.5 Å². The standard InChI is InChI=1S/C18H30N4O2/c1-4-22(5-2)14-6-7-15(3)21-17(23)10-13-20-18(24)16-8-11-19-12-9-16/h8-9,11-12,15H,4-7,10,13-14H2,1-3H3,(H,20,24)(H,21,23)/t15-/m1/s1. The van der Waals surface area contributed by atoms with Crippen molar-refractivity contribution in [3.05, 3.63) is 30.1 Å². The molecule has 0 radical (unpaired) electrons. The zero-order valence-corrected chi connectivity index (χ0v) is 15.0. The van der Waals surface area contributed by atoms with Gasteiger partial charge in [0.25, 0.3) is 5.91 Å². The first-order valence-electron chi connectivity index (χ1n) is 8.76. The number of hydrogen-bond donors (Lipinski definition) is 2. The largest absolute Gasteiger partial charge is 0.354 e. The van der Waals surface area contributed by atoms with Crippen molar-refractivity contribution >= 4 is 11.8 Å². The summed E-state index contributed by atoms with van der Waals surface area (Å²) in [6, 6.07) is 3.45. The minimum atomic E-state index is -0.183. The molecular formula is C18H30N4O2. The number of rotatable bonds is 11. The fraction of sp³-hybridized carbons (Fsp3) is 0.611. The number of nitrogens with zero attached hydrogens (tertiary/aromatic N) is 2. The van der Waals surface area contributed by atoms with Gasteiger partial charge in [-0.3, -0.25) is 14.6 Å². The van der Waals surface area contributed by atoms with Crippen LogP contribution in [0.2, 0.25) is 0 Å². The number of hydrogen-bond acceptors (Lipinski definition) is 4.